The summed E-state index contributed by atoms with van der Waals surface area (Å²) in [7, 11) is 0. The molecule has 0 saturated carbocycles. The van der Waals surface area contributed by atoms with Crippen LogP contribution in [0.1, 0.15) is 11.4 Å². The molecular weight excluding hydrogens is 548 g/mol. The number of pyridine rings is 2. The Bertz CT molecular complexity index is 1090. The van der Waals surface area contributed by atoms with E-state index < -0.39 is 53.3 Å². The van der Waals surface area contributed by atoms with Crippen LogP contribution in [-0.4, -0.2) is 19.8 Å². The standard InChI is InChI=1S/C6Cl3F3N2O2.C6Cl3N3O2/c7-1-3(14(15)16)2(8)5(9)13-4(1)6(10,11)12;7-3-2(1-10)11-6(9)4(8)5(3)12(13)14. The first-order valence-electron chi connectivity index (χ1n) is 6.50. The van der Waals surface area contributed by atoms with Crippen molar-refractivity contribution in [3.8, 4) is 6.07 Å². The summed E-state index contributed by atoms with van der Waals surface area (Å²) < 4.78 is 37.0. The van der Waals surface area contributed by atoms with Gasteiger partial charge >= 0.3 is 17.6 Å². The molecule has 0 unspecified atom stereocenters. The minimum atomic E-state index is -4.95. The highest BCUT2D eigenvalue weighted by atomic mass is 35.5. The molecule has 0 aliphatic rings. The highest BCUT2D eigenvalue weighted by Crippen LogP contribution is 2.43. The number of halogens is 9. The Morgan fingerprint density at radius 2 is 1.20 bits per heavy atom. The first kappa shape index (κ1) is 26.2. The molecule has 0 fully saturated rings. The number of alkyl halides is 3. The molecule has 0 radical (unpaired) electrons. The average molecular weight is 548 g/mol. The number of hydrogen-bond acceptors (Lipinski definition) is 7. The van der Waals surface area contributed by atoms with E-state index >= 15 is 0 Å². The van der Waals surface area contributed by atoms with Crippen molar-refractivity contribution in [1.82, 2.24) is 9.97 Å². The van der Waals surface area contributed by atoms with Gasteiger partial charge in [-0.3, -0.25) is 20.2 Å². The number of nitriles is 1. The monoisotopic (exact) mass is 545 g/mol. The van der Waals surface area contributed by atoms with Gasteiger partial charge in [0.25, 0.3) is 0 Å². The van der Waals surface area contributed by atoms with Crippen LogP contribution in [0.3, 0.4) is 0 Å². The lowest BCUT2D eigenvalue weighted by molar-refractivity contribution is -0.384. The number of rotatable bonds is 2. The summed E-state index contributed by atoms with van der Waals surface area (Å²) in [5, 5.41) is 25.6. The quantitative estimate of drug-likeness (QED) is 0.229. The number of aromatic nitrogens is 2. The first-order chi connectivity index (χ1) is 13.6. The Morgan fingerprint density at radius 1 is 0.800 bits per heavy atom. The minimum Gasteiger partial charge on any atom is -0.258 e. The zero-order valence-electron chi connectivity index (χ0n) is 13.3. The second kappa shape index (κ2) is 9.95. The van der Waals surface area contributed by atoms with E-state index in [2.05, 4.69) is 9.97 Å². The summed E-state index contributed by atoms with van der Waals surface area (Å²) in [5.41, 5.74) is -3.69. The second-order valence-electron chi connectivity index (χ2n) is 4.58. The lowest BCUT2D eigenvalue weighted by atomic mass is 10.3. The van der Waals surface area contributed by atoms with Crippen LogP contribution in [0.25, 0.3) is 0 Å². The van der Waals surface area contributed by atoms with Crippen molar-refractivity contribution in [1.29, 1.82) is 5.26 Å². The topological polar surface area (TPSA) is 136 Å². The summed E-state index contributed by atoms with van der Waals surface area (Å²) in [6.45, 7) is 0. The van der Waals surface area contributed by atoms with E-state index in [0.717, 1.165) is 0 Å². The van der Waals surface area contributed by atoms with E-state index in [9.17, 15) is 33.4 Å². The molecule has 2 aromatic rings. The molecule has 0 aromatic carbocycles. The Labute approximate surface area is 193 Å². The van der Waals surface area contributed by atoms with E-state index in [1.165, 1.54) is 0 Å². The van der Waals surface area contributed by atoms with Gasteiger partial charge in [-0.25, -0.2) is 9.97 Å². The lowest BCUT2D eigenvalue weighted by Crippen LogP contribution is -2.11. The summed E-state index contributed by atoms with van der Waals surface area (Å²) in [6, 6.07) is 1.57. The highest BCUT2D eigenvalue weighted by Gasteiger charge is 2.40. The number of nitro groups is 2. The molecule has 0 saturated heterocycles. The van der Waals surface area contributed by atoms with Gasteiger partial charge in [0.2, 0.25) is 0 Å². The van der Waals surface area contributed by atoms with Crippen molar-refractivity contribution in [3.05, 3.63) is 62.0 Å². The van der Waals surface area contributed by atoms with Crippen LogP contribution >= 0.6 is 69.6 Å². The normalized spacial score (nSPS) is 10.7. The SMILES string of the molecule is N#Cc1nc(Cl)c(Cl)c([N+](=O)[O-])c1Cl.O=[N+]([O-])c1c(Cl)c(Cl)nc(C(F)(F)F)c1Cl. The maximum absolute atomic E-state index is 12.3. The predicted molar refractivity (Wildman–Crippen MR) is 102 cm³/mol. The third kappa shape index (κ3) is 5.63. The summed E-state index contributed by atoms with van der Waals surface area (Å²) >= 11 is 32.2. The average Bonchev–Trinajstić information content (AvgIpc) is 2.60. The van der Waals surface area contributed by atoms with Gasteiger partial charge < -0.3 is 0 Å². The zero-order chi connectivity index (χ0) is 23.5. The molecule has 2 heterocycles. The lowest BCUT2D eigenvalue weighted by Gasteiger charge is -2.09. The fraction of sp³-hybridized carbons (Fsp3) is 0.0833. The molecule has 30 heavy (non-hydrogen) atoms. The van der Waals surface area contributed by atoms with Crippen LogP contribution in [0.2, 0.25) is 30.4 Å². The van der Waals surface area contributed by atoms with Crippen LogP contribution in [0, 0.1) is 31.6 Å². The zero-order valence-corrected chi connectivity index (χ0v) is 17.8. The van der Waals surface area contributed by atoms with Gasteiger partial charge in [0.1, 0.15) is 6.07 Å². The van der Waals surface area contributed by atoms with Gasteiger partial charge in [0.05, 0.1) is 9.85 Å². The maximum Gasteiger partial charge on any atom is 0.435 e. The van der Waals surface area contributed by atoms with E-state index in [-0.39, 0.29) is 15.9 Å². The molecule has 0 aliphatic carbocycles. The molecule has 2 rings (SSSR count). The van der Waals surface area contributed by atoms with Crippen LogP contribution in [-0.2, 0) is 6.18 Å². The molecule has 0 N–H and O–H groups in total. The molecular formula is C12Cl6F3N5O4. The molecule has 9 nitrogen and oxygen atoms in total. The van der Waals surface area contributed by atoms with Crippen molar-refractivity contribution >= 4 is 81.0 Å². The van der Waals surface area contributed by atoms with Gasteiger partial charge in [-0.2, -0.15) is 18.4 Å². The third-order valence-corrected chi connectivity index (χ3v) is 4.94. The van der Waals surface area contributed by atoms with E-state index in [1.807, 2.05) is 0 Å². The molecule has 0 aliphatic heterocycles. The maximum atomic E-state index is 12.3. The van der Waals surface area contributed by atoms with Gasteiger partial charge in [-0.05, 0) is 0 Å². The molecule has 18 heteroatoms. The van der Waals surface area contributed by atoms with Crippen LogP contribution in [0.15, 0.2) is 0 Å². The molecule has 0 amide bonds. The minimum absolute atomic E-state index is 0.320. The van der Waals surface area contributed by atoms with Crippen molar-refractivity contribution in [2.24, 2.45) is 0 Å². The van der Waals surface area contributed by atoms with Crippen molar-refractivity contribution in [3.63, 3.8) is 0 Å². The summed E-state index contributed by atoms with van der Waals surface area (Å²) in [4.78, 5) is 25.3. The van der Waals surface area contributed by atoms with Crippen LogP contribution < -0.4 is 0 Å². The van der Waals surface area contributed by atoms with Gasteiger partial charge in [-0.1, -0.05) is 69.6 Å². The van der Waals surface area contributed by atoms with Crippen molar-refractivity contribution < 1.29 is 23.0 Å². The molecule has 0 spiro atoms. The van der Waals surface area contributed by atoms with Crippen LogP contribution in [0.5, 0.6) is 0 Å². The summed E-state index contributed by atoms with van der Waals surface area (Å²) in [5.74, 6) is 0. The second-order valence-corrected chi connectivity index (χ2v) is 6.81. The predicted octanol–water partition coefficient (Wildman–Crippen LogP) is 6.79. The molecule has 160 valence electrons. The third-order valence-electron chi connectivity index (χ3n) is 2.77. The fourth-order valence-electron chi connectivity index (χ4n) is 1.59. The highest BCUT2D eigenvalue weighted by molar-refractivity contribution is 6.45. The number of nitrogens with zero attached hydrogens (tertiary/aromatic N) is 5. The van der Waals surface area contributed by atoms with E-state index in [1.54, 1.807) is 6.07 Å². The van der Waals surface area contributed by atoms with E-state index in [0.29, 0.717) is 0 Å². The van der Waals surface area contributed by atoms with Crippen molar-refractivity contribution in [2.75, 3.05) is 0 Å². The number of hydrogen-bond donors (Lipinski definition) is 0. The smallest absolute Gasteiger partial charge is 0.258 e. The Balaban J connectivity index is 0.000000303. The Hall–Kier alpha value is -1.88. The molecule has 2 aromatic heterocycles. The molecule has 0 atom stereocenters. The van der Waals surface area contributed by atoms with Crippen molar-refractivity contribution in [2.45, 2.75) is 6.18 Å². The Morgan fingerprint density at radius 3 is 1.57 bits per heavy atom. The van der Waals surface area contributed by atoms with Gasteiger partial charge in [0, 0.05) is 0 Å². The van der Waals surface area contributed by atoms with E-state index in [4.69, 9.17) is 74.9 Å². The fourth-order valence-corrected chi connectivity index (χ4v) is 3.00. The van der Waals surface area contributed by atoms with Gasteiger partial charge in [-0.15, -0.1) is 0 Å². The Kier molecular flexibility index (Phi) is 8.68. The summed E-state index contributed by atoms with van der Waals surface area (Å²) in [6.07, 6.45) is -4.95. The first-order valence-corrected chi connectivity index (χ1v) is 8.76. The van der Waals surface area contributed by atoms with Gasteiger partial charge in [0.15, 0.2) is 41.8 Å². The van der Waals surface area contributed by atoms with Crippen LogP contribution in [0.4, 0.5) is 24.5 Å². The largest absolute Gasteiger partial charge is 0.435 e. The molecule has 0 bridgehead atoms.